The summed E-state index contributed by atoms with van der Waals surface area (Å²) in [6.07, 6.45) is 0. The van der Waals surface area contributed by atoms with Gasteiger partial charge in [-0.3, -0.25) is 0 Å². The Balaban J connectivity index is 2.14. The Morgan fingerprint density at radius 1 is 1.33 bits per heavy atom. The maximum absolute atomic E-state index is 9.28. The summed E-state index contributed by atoms with van der Waals surface area (Å²) in [6, 6.07) is 8.06. The highest BCUT2D eigenvalue weighted by molar-refractivity contribution is 6.36. The van der Waals surface area contributed by atoms with Crippen molar-refractivity contribution in [2.45, 2.75) is 26.4 Å². The van der Waals surface area contributed by atoms with Crippen molar-refractivity contribution in [3.05, 3.63) is 35.0 Å². The van der Waals surface area contributed by atoms with Gasteiger partial charge in [0.25, 0.3) is 0 Å². The number of rotatable bonds is 5. The molecule has 1 heterocycles. The van der Waals surface area contributed by atoms with Crippen LogP contribution in [0.15, 0.2) is 24.3 Å². The Morgan fingerprint density at radius 2 is 2.06 bits per heavy atom. The summed E-state index contributed by atoms with van der Waals surface area (Å²) in [5, 5.41) is 14.4. The maximum Gasteiger partial charge on any atom is 0.0705 e. The lowest BCUT2D eigenvalue weighted by Gasteiger charge is -2.19. The van der Waals surface area contributed by atoms with Crippen LogP contribution < -0.4 is 5.32 Å². The summed E-state index contributed by atoms with van der Waals surface area (Å²) in [5.41, 5.74) is 2.02. The van der Waals surface area contributed by atoms with Crippen LogP contribution in [0.4, 0.5) is 0 Å². The number of H-pyrrole nitrogens is 1. The molecular weight excluding hydrogens is 248 g/mol. The zero-order valence-corrected chi connectivity index (χ0v) is 11.5. The number of nitrogens with one attached hydrogen (secondary N) is 2. The number of hydrogen-bond acceptors (Lipinski definition) is 2. The molecule has 1 atom stereocenters. The highest BCUT2D eigenvalue weighted by atomic mass is 35.5. The van der Waals surface area contributed by atoms with Gasteiger partial charge in [-0.1, -0.05) is 43.6 Å². The molecule has 0 aliphatic rings. The van der Waals surface area contributed by atoms with Gasteiger partial charge in [-0.05, 0) is 12.0 Å². The Kier molecular flexibility index (Phi) is 4.27. The van der Waals surface area contributed by atoms with Gasteiger partial charge in [0.15, 0.2) is 0 Å². The SMILES string of the molecule is CC(C)[C@@H](CO)NCc1[nH]c2ccccc2c1Cl. The molecule has 0 saturated heterocycles. The van der Waals surface area contributed by atoms with Crippen LogP contribution in [0.2, 0.25) is 5.02 Å². The summed E-state index contributed by atoms with van der Waals surface area (Å²) < 4.78 is 0. The molecule has 0 aliphatic heterocycles. The van der Waals surface area contributed by atoms with Crippen LogP contribution in [0.3, 0.4) is 0 Å². The smallest absolute Gasteiger partial charge is 0.0705 e. The molecule has 0 aliphatic carbocycles. The number of aliphatic hydroxyl groups excluding tert-OH is 1. The van der Waals surface area contributed by atoms with Gasteiger partial charge in [-0.15, -0.1) is 0 Å². The molecular formula is C14H19ClN2O. The molecule has 4 heteroatoms. The van der Waals surface area contributed by atoms with E-state index in [2.05, 4.69) is 24.1 Å². The van der Waals surface area contributed by atoms with Crippen LogP contribution in [-0.4, -0.2) is 22.7 Å². The topological polar surface area (TPSA) is 48.0 Å². The summed E-state index contributed by atoms with van der Waals surface area (Å²) >= 11 is 6.33. The largest absolute Gasteiger partial charge is 0.395 e. The van der Waals surface area contributed by atoms with E-state index in [1.807, 2.05) is 24.3 Å². The second-order valence-electron chi connectivity index (χ2n) is 4.88. The van der Waals surface area contributed by atoms with E-state index < -0.39 is 0 Å². The van der Waals surface area contributed by atoms with Crippen molar-refractivity contribution >= 4 is 22.5 Å². The highest BCUT2D eigenvalue weighted by Crippen LogP contribution is 2.27. The second-order valence-corrected chi connectivity index (χ2v) is 5.26. The Morgan fingerprint density at radius 3 is 2.67 bits per heavy atom. The van der Waals surface area contributed by atoms with Gasteiger partial charge in [0.05, 0.1) is 11.6 Å². The van der Waals surface area contributed by atoms with Gasteiger partial charge >= 0.3 is 0 Å². The molecule has 3 N–H and O–H groups in total. The summed E-state index contributed by atoms with van der Waals surface area (Å²) in [6.45, 7) is 4.94. The Bertz CT molecular complexity index is 521. The van der Waals surface area contributed by atoms with E-state index in [4.69, 9.17) is 11.6 Å². The molecule has 3 nitrogen and oxygen atoms in total. The predicted octanol–water partition coefficient (Wildman–Crippen LogP) is 2.93. The zero-order chi connectivity index (χ0) is 13.1. The molecule has 2 aromatic rings. The highest BCUT2D eigenvalue weighted by Gasteiger charge is 2.14. The summed E-state index contributed by atoms with van der Waals surface area (Å²) in [5.74, 6) is 0.387. The van der Waals surface area contributed by atoms with Crippen LogP contribution >= 0.6 is 11.6 Å². The fraction of sp³-hybridized carbons (Fsp3) is 0.429. The molecule has 0 radical (unpaired) electrons. The quantitative estimate of drug-likeness (QED) is 0.779. The lowest BCUT2D eigenvalue weighted by Crippen LogP contribution is -2.36. The van der Waals surface area contributed by atoms with Crippen LogP contribution in [0.5, 0.6) is 0 Å². The minimum atomic E-state index is 0.0903. The van der Waals surface area contributed by atoms with Gasteiger partial charge in [-0.25, -0.2) is 0 Å². The second kappa shape index (κ2) is 5.74. The van der Waals surface area contributed by atoms with Crippen molar-refractivity contribution in [3.63, 3.8) is 0 Å². The number of aromatic nitrogens is 1. The fourth-order valence-corrected chi connectivity index (χ4v) is 2.31. The van der Waals surface area contributed by atoms with Crippen LogP contribution in [0, 0.1) is 5.92 Å². The third-order valence-corrected chi connectivity index (χ3v) is 3.69. The monoisotopic (exact) mass is 266 g/mol. The first-order chi connectivity index (χ1) is 8.63. The number of fused-ring (bicyclic) bond motifs is 1. The molecule has 98 valence electrons. The van der Waals surface area contributed by atoms with Crippen molar-refractivity contribution in [1.82, 2.24) is 10.3 Å². The number of aromatic amines is 1. The van der Waals surface area contributed by atoms with Gasteiger partial charge in [-0.2, -0.15) is 0 Å². The maximum atomic E-state index is 9.28. The van der Waals surface area contributed by atoms with E-state index in [0.717, 1.165) is 21.6 Å². The van der Waals surface area contributed by atoms with Crippen molar-refractivity contribution in [1.29, 1.82) is 0 Å². The van der Waals surface area contributed by atoms with Crippen molar-refractivity contribution in [2.24, 2.45) is 5.92 Å². The molecule has 18 heavy (non-hydrogen) atoms. The molecule has 0 fully saturated rings. The summed E-state index contributed by atoms with van der Waals surface area (Å²) in [4.78, 5) is 3.31. The number of benzene rings is 1. The van der Waals surface area contributed by atoms with Crippen LogP contribution in [0.1, 0.15) is 19.5 Å². The molecule has 0 saturated carbocycles. The van der Waals surface area contributed by atoms with E-state index in [9.17, 15) is 5.11 Å². The lowest BCUT2D eigenvalue weighted by molar-refractivity contribution is 0.210. The molecule has 1 aromatic carbocycles. The van der Waals surface area contributed by atoms with Gasteiger partial charge in [0.1, 0.15) is 0 Å². The fourth-order valence-electron chi connectivity index (χ4n) is 2.03. The van der Waals surface area contributed by atoms with Gasteiger partial charge in [0, 0.05) is 29.2 Å². The van der Waals surface area contributed by atoms with Crippen molar-refractivity contribution < 1.29 is 5.11 Å². The first-order valence-corrected chi connectivity index (χ1v) is 6.60. The number of aliphatic hydroxyl groups is 1. The first kappa shape index (κ1) is 13.4. The molecule has 1 aromatic heterocycles. The minimum Gasteiger partial charge on any atom is -0.395 e. The van der Waals surface area contributed by atoms with E-state index in [1.165, 1.54) is 0 Å². The van der Waals surface area contributed by atoms with Crippen molar-refractivity contribution in [3.8, 4) is 0 Å². The zero-order valence-electron chi connectivity index (χ0n) is 10.7. The van der Waals surface area contributed by atoms with Gasteiger partial charge in [0.2, 0.25) is 0 Å². The molecule has 2 rings (SSSR count). The molecule has 0 unspecified atom stereocenters. The normalized spacial score (nSPS) is 13.4. The Hall–Kier alpha value is -1.03. The first-order valence-electron chi connectivity index (χ1n) is 6.22. The third kappa shape index (κ3) is 2.69. The van der Waals surface area contributed by atoms with E-state index in [1.54, 1.807) is 0 Å². The average Bonchev–Trinajstić information content (AvgIpc) is 2.67. The molecule has 0 amide bonds. The van der Waals surface area contributed by atoms with Crippen LogP contribution in [0.25, 0.3) is 10.9 Å². The van der Waals surface area contributed by atoms with E-state index in [0.29, 0.717) is 12.5 Å². The number of para-hydroxylation sites is 1. The van der Waals surface area contributed by atoms with Gasteiger partial charge < -0.3 is 15.4 Å². The third-order valence-electron chi connectivity index (χ3n) is 3.26. The standard InChI is InChI=1S/C14H19ClN2O/c1-9(2)13(8-18)16-7-12-14(15)10-5-3-4-6-11(10)17-12/h3-6,9,13,16-18H,7-8H2,1-2H3/t13-/m1/s1. The van der Waals surface area contributed by atoms with E-state index >= 15 is 0 Å². The molecule has 0 spiro atoms. The van der Waals surface area contributed by atoms with Crippen molar-refractivity contribution in [2.75, 3.05) is 6.61 Å². The number of halogens is 1. The predicted molar refractivity (Wildman–Crippen MR) is 75.9 cm³/mol. The summed E-state index contributed by atoms with van der Waals surface area (Å²) in [7, 11) is 0. The lowest BCUT2D eigenvalue weighted by atomic mass is 10.1. The minimum absolute atomic E-state index is 0.0903. The average molecular weight is 267 g/mol. The Labute approximate surface area is 112 Å². The van der Waals surface area contributed by atoms with Crippen LogP contribution in [-0.2, 0) is 6.54 Å². The number of hydrogen-bond donors (Lipinski definition) is 3. The molecule has 0 bridgehead atoms. The van der Waals surface area contributed by atoms with E-state index in [-0.39, 0.29) is 12.6 Å².